The van der Waals surface area contributed by atoms with Gasteiger partial charge in [-0.05, 0) is 49.4 Å². The van der Waals surface area contributed by atoms with E-state index in [0.29, 0.717) is 31.1 Å². The van der Waals surface area contributed by atoms with Crippen LogP contribution in [-0.4, -0.2) is 82.7 Å². The second-order valence-electron chi connectivity index (χ2n) is 12.2. The van der Waals surface area contributed by atoms with Crippen LogP contribution < -0.4 is 19.9 Å². The Morgan fingerprint density at radius 2 is 1.89 bits per heavy atom. The zero-order valence-electron chi connectivity index (χ0n) is 26.6. The summed E-state index contributed by atoms with van der Waals surface area (Å²) in [7, 11) is 3.43. The number of carbonyl (C=O) groups excluding carboxylic acids is 1. The number of piperidine rings is 1. The van der Waals surface area contributed by atoms with Gasteiger partial charge >= 0.3 is 0 Å². The van der Waals surface area contributed by atoms with Crippen LogP contribution >= 0.6 is 0 Å². The number of anilines is 1. The first-order chi connectivity index (χ1) is 21.7. The number of aromatic nitrogens is 3. The molecule has 45 heavy (non-hydrogen) atoms. The molecule has 0 radical (unpaired) electrons. The summed E-state index contributed by atoms with van der Waals surface area (Å²) in [5.41, 5.74) is 4.56. The van der Waals surface area contributed by atoms with Gasteiger partial charge in [-0.3, -0.25) is 9.59 Å². The molecule has 0 spiro atoms. The molecule has 236 valence electrons. The highest BCUT2D eigenvalue weighted by Gasteiger charge is 2.27. The van der Waals surface area contributed by atoms with Crippen molar-refractivity contribution in [2.45, 2.75) is 38.6 Å². The molecule has 4 aromatic rings. The predicted octanol–water partition coefficient (Wildman–Crippen LogP) is 4.77. The number of aryl methyl sites for hydroxylation is 1. The number of methoxy groups -OCH3 is 1. The number of pyridine rings is 2. The Morgan fingerprint density at radius 3 is 2.58 bits per heavy atom. The lowest BCUT2D eigenvalue weighted by Gasteiger charge is -2.42. The summed E-state index contributed by atoms with van der Waals surface area (Å²) in [5, 5.41) is 0.855. The smallest absolute Gasteiger partial charge is 0.274 e. The molecule has 2 saturated heterocycles. The van der Waals surface area contributed by atoms with Crippen molar-refractivity contribution in [1.82, 2.24) is 24.3 Å². The van der Waals surface area contributed by atoms with E-state index in [1.165, 1.54) is 5.56 Å². The lowest BCUT2D eigenvalue weighted by Crippen LogP contribution is -2.52. The predicted molar refractivity (Wildman–Crippen MR) is 177 cm³/mol. The lowest BCUT2D eigenvalue weighted by atomic mass is 9.89. The van der Waals surface area contributed by atoms with Gasteiger partial charge in [-0.2, -0.15) is 0 Å². The molecule has 0 bridgehead atoms. The monoisotopic (exact) mass is 610 g/mol. The zero-order chi connectivity index (χ0) is 31.7. The van der Waals surface area contributed by atoms with Gasteiger partial charge in [0.2, 0.25) is 5.91 Å². The molecule has 0 saturated carbocycles. The maximum atomic E-state index is 12.5. The van der Waals surface area contributed by atoms with E-state index < -0.39 is 0 Å². The van der Waals surface area contributed by atoms with Gasteiger partial charge in [0, 0.05) is 86.5 Å². The molecular weight excluding hydrogens is 568 g/mol. The number of carbonyl (C=O) groups is 1. The van der Waals surface area contributed by atoms with Crippen LogP contribution in [0.25, 0.3) is 22.0 Å². The normalized spacial score (nSPS) is 17.6. The summed E-state index contributed by atoms with van der Waals surface area (Å²) in [6, 6.07) is 12.7. The fourth-order valence-corrected chi connectivity index (χ4v) is 6.72. The number of ether oxygens (including phenoxy) is 2. The molecule has 2 fully saturated rings. The van der Waals surface area contributed by atoms with Gasteiger partial charge in [0.15, 0.2) is 0 Å². The summed E-state index contributed by atoms with van der Waals surface area (Å²) in [6.07, 6.45) is 7.55. The number of amides is 1. The highest BCUT2D eigenvalue weighted by atomic mass is 16.5. The summed E-state index contributed by atoms with van der Waals surface area (Å²) in [4.78, 5) is 38.6. The number of nitrogens with one attached hydrogen (secondary N) is 1. The standard InChI is InChI=1S/C35H42N6O4/c1-23-20-40(25(3)42)21-24(2)41(23)16-17-45-28-8-6-26(7-9-28)27-11-14-39(15-12-27)33-18-32(44-5)30(19-37-33)31-22-38(4)35(43)34-29(31)10-13-36-34/h6-10,13,18-19,22,24,27,36H,1,11-12,14-17,20-21H2,2-5H3/t24-/m0/s1. The van der Waals surface area contributed by atoms with Crippen molar-refractivity contribution in [3.63, 3.8) is 0 Å². The van der Waals surface area contributed by atoms with E-state index in [9.17, 15) is 9.59 Å². The molecule has 1 amide bonds. The van der Waals surface area contributed by atoms with Gasteiger partial charge in [0.1, 0.15) is 29.4 Å². The van der Waals surface area contributed by atoms with E-state index in [2.05, 4.69) is 52.6 Å². The van der Waals surface area contributed by atoms with Crippen LogP contribution in [0.15, 0.2) is 72.1 Å². The first-order valence-corrected chi connectivity index (χ1v) is 15.6. The summed E-state index contributed by atoms with van der Waals surface area (Å²) >= 11 is 0. The Balaban J connectivity index is 1.04. The highest BCUT2D eigenvalue weighted by Crippen LogP contribution is 2.37. The molecular formula is C35H42N6O4. The van der Waals surface area contributed by atoms with Gasteiger partial charge in [-0.1, -0.05) is 18.7 Å². The zero-order valence-corrected chi connectivity index (χ0v) is 26.6. The van der Waals surface area contributed by atoms with Gasteiger partial charge < -0.3 is 33.7 Å². The molecule has 2 aliphatic rings. The van der Waals surface area contributed by atoms with E-state index in [-0.39, 0.29) is 17.5 Å². The maximum absolute atomic E-state index is 12.5. The van der Waals surface area contributed by atoms with Crippen LogP contribution in [0, 0.1) is 0 Å². The number of rotatable bonds is 8. The van der Waals surface area contributed by atoms with Crippen molar-refractivity contribution >= 4 is 22.6 Å². The van der Waals surface area contributed by atoms with Gasteiger partial charge in [-0.25, -0.2) is 4.98 Å². The van der Waals surface area contributed by atoms with E-state index in [0.717, 1.165) is 72.0 Å². The molecule has 10 heteroatoms. The molecule has 1 N–H and O–H groups in total. The first kappa shape index (κ1) is 30.3. The first-order valence-electron chi connectivity index (χ1n) is 15.6. The van der Waals surface area contributed by atoms with Crippen molar-refractivity contribution in [2.24, 2.45) is 7.05 Å². The molecule has 1 atom stereocenters. The fraction of sp³-hybridized carbons (Fsp3) is 0.400. The fourth-order valence-electron chi connectivity index (χ4n) is 6.72. The second kappa shape index (κ2) is 12.7. The number of hydrogen-bond acceptors (Lipinski definition) is 7. The van der Waals surface area contributed by atoms with Crippen LogP contribution in [0.3, 0.4) is 0 Å². The Hall–Kier alpha value is -4.73. The maximum Gasteiger partial charge on any atom is 0.274 e. The third-order valence-corrected chi connectivity index (χ3v) is 9.27. The van der Waals surface area contributed by atoms with Crippen molar-refractivity contribution < 1.29 is 14.3 Å². The van der Waals surface area contributed by atoms with Crippen molar-refractivity contribution in [1.29, 1.82) is 0 Å². The quantitative estimate of drug-likeness (QED) is 0.307. The molecule has 1 aromatic carbocycles. The number of nitrogens with zero attached hydrogens (tertiary/aromatic N) is 5. The Kier molecular flexibility index (Phi) is 8.56. The third-order valence-electron chi connectivity index (χ3n) is 9.27. The summed E-state index contributed by atoms with van der Waals surface area (Å²) in [6.45, 7) is 12.3. The van der Waals surface area contributed by atoms with Crippen molar-refractivity contribution in [3.8, 4) is 22.6 Å². The topological polar surface area (TPSA) is 95.9 Å². The average molecular weight is 611 g/mol. The number of fused-ring (bicyclic) bond motifs is 1. The largest absolute Gasteiger partial charge is 0.496 e. The number of benzene rings is 1. The number of hydrogen-bond donors (Lipinski definition) is 1. The van der Waals surface area contributed by atoms with E-state index in [1.807, 2.05) is 29.4 Å². The Bertz CT molecular complexity index is 1750. The molecule has 3 aromatic heterocycles. The summed E-state index contributed by atoms with van der Waals surface area (Å²) < 4.78 is 13.5. The van der Waals surface area contributed by atoms with Gasteiger partial charge in [-0.15, -0.1) is 0 Å². The lowest BCUT2D eigenvalue weighted by molar-refractivity contribution is -0.130. The van der Waals surface area contributed by atoms with Gasteiger partial charge in [0.05, 0.1) is 20.2 Å². The van der Waals surface area contributed by atoms with E-state index in [4.69, 9.17) is 14.5 Å². The van der Waals surface area contributed by atoms with Crippen LogP contribution in [0.2, 0.25) is 0 Å². The molecule has 0 unspecified atom stereocenters. The number of piperazine rings is 1. The number of H-pyrrole nitrogens is 1. The molecule has 0 aliphatic carbocycles. The SMILES string of the molecule is C=C1CN(C(C)=O)C[C@H](C)N1CCOc1ccc(C2CCN(c3cc(OC)c(-c4cn(C)c(=O)c5[nH]ccc45)cn3)CC2)cc1. The molecule has 6 rings (SSSR count). The van der Waals surface area contributed by atoms with Crippen LogP contribution in [-0.2, 0) is 11.8 Å². The molecule has 2 aliphatic heterocycles. The van der Waals surface area contributed by atoms with Crippen LogP contribution in [0.5, 0.6) is 11.5 Å². The van der Waals surface area contributed by atoms with Crippen molar-refractivity contribution in [2.75, 3.05) is 51.3 Å². The minimum absolute atomic E-state index is 0.0642. The van der Waals surface area contributed by atoms with Gasteiger partial charge in [0.25, 0.3) is 5.56 Å². The molecule has 5 heterocycles. The minimum atomic E-state index is -0.0642. The summed E-state index contributed by atoms with van der Waals surface area (Å²) in [5.74, 6) is 3.06. The molecule has 10 nitrogen and oxygen atoms in total. The van der Waals surface area contributed by atoms with Crippen molar-refractivity contribution in [3.05, 3.63) is 83.2 Å². The minimum Gasteiger partial charge on any atom is -0.496 e. The van der Waals surface area contributed by atoms with Crippen LogP contribution in [0.4, 0.5) is 5.82 Å². The van der Waals surface area contributed by atoms with Crippen LogP contribution in [0.1, 0.15) is 38.2 Å². The average Bonchev–Trinajstić information content (AvgIpc) is 3.55. The number of aromatic amines is 1. The van der Waals surface area contributed by atoms with E-state index in [1.54, 1.807) is 31.8 Å². The Morgan fingerprint density at radius 1 is 1.13 bits per heavy atom. The third kappa shape index (κ3) is 6.14. The van der Waals surface area contributed by atoms with E-state index >= 15 is 0 Å². The second-order valence-corrected chi connectivity index (χ2v) is 12.2. The highest BCUT2D eigenvalue weighted by molar-refractivity contribution is 5.95. The Labute approximate surface area is 263 Å².